The lowest BCUT2D eigenvalue weighted by Crippen LogP contribution is -2.29. The molecule has 2 amide bonds. The van der Waals surface area contributed by atoms with Crippen LogP contribution in [0.1, 0.15) is 13.3 Å². The van der Waals surface area contributed by atoms with Crippen LogP contribution >= 0.6 is 11.3 Å². The van der Waals surface area contributed by atoms with Crippen LogP contribution in [-0.2, 0) is 19.6 Å². The van der Waals surface area contributed by atoms with Gasteiger partial charge in [0.2, 0.25) is 21.3 Å². The third-order valence-electron chi connectivity index (χ3n) is 2.20. The van der Waals surface area contributed by atoms with Crippen molar-refractivity contribution in [2.45, 2.75) is 17.7 Å². The van der Waals surface area contributed by atoms with Crippen molar-refractivity contribution in [2.24, 2.45) is 11.1 Å². The van der Waals surface area contributed by atoms with Crippen LogP contribution in [0.4, 0.5) is 5.13 Å². The molecule has 17 heavy (non-hydrogen) atoms. The lowest BCUT2D eigenvalue weighted by molar-refractivity contribution is -0.122. The van der Waals surface area contributed by atoms with Crippen molar-refractivity contribution >= 4 is 38.3 Å². The number of carbonyl (C=O) groups is 2. The van der Waals surface area contributed by atoms with E-state index in [0.717, 1.165) is 4.90 Å². The molecule has 92 valence electrons. The number of anilines is 1. The molecule has 0 bridgehead atoms. The lowest BCUT2D eigenvalue weighted by Gasteiger charge is -2.08. The summed E-state index contributed by atoms with van der Waals surface area (Å²) in [4.78, 5) is 24.0. The van der Waals surface area contributed by atoms with Crippen LogP contribution < -0.4 is 10.0 Å². The molecule has 2 heterocycles. The van der Waals surface area contributed by atoms with Gasteiger partial charge in [-0.15, -0.1) is 10.2 Å². The zero-order valence-corrected chi connectivity index (χ0v) is 10.3. The quantitative estimate of drug-likeness (QED) is 0.550. The molecule has 1 aromatic rings. The molecule has 1 unspecified atom stereocenters. The topological polar surface area (TPSA) is 123 Å². The Morgan fingerprint density at radius 3 is 2.47 bits per heavy atom. The smallest absolute Gasteiger partial charge is 0.267 e. The van der Waals surface area contributed by atoms with Crippen molar-refractivity contribution in [1.82, 2.24) is 10.2 Å². The van der Waals surface area contributed by atoms with E-state index in [9.17, 15) is 18.0 Å². The maximum Gasteiger partial charge on any atom is 0.267 e. The summed E-state index contributed by atoms with van der Waals surface area (Å²) in [6.07, 6.45) is 0.0864. The fraction of sp³-hybridized carbons (Fsp3) is 0.429. The van der Waals surface area contributed by atoms with Gasteiger partial charge >= 0.3 is 0 Å². The Morgan fingerprint density at radius 1 is 1.41 bits per heavy atom. The van der Waals surface area contributed by atoms with Crippen molar-refractivity contribution in [1.29, 1.82) is 0 Å². The van der Waals surface area contributed by atoms with Gasteiger partial charge in [-0.1, -0.05) is 18.3 Å². The highest BCUT2D eigenvalue weighted by molar-refractivity contribution is 7.91. The van der Waals surface area contributed by atoms with Crippen molar-refractivity contribution < 1.29 is 18.0 Å². The van der Waals surface area contributed by atoms with Gasteiger partial charge in [-0.05, 0) is 0 Å². The van der Waals surface area contributed by atoms with Crippen LogP contribution in [0.3, 0.4) is 0 Å². The first-order valence-corrected chi connectivity index (χ1v) is 6.90. The van der Waals surface area contributed by atoms with Crippen LogP contribution in [0.25, 0.3) is 0 Å². The van der Waals surface area contributed by atoms with Crippen molar-refractivity contribution in [3.63, 3.8) is 0 Å². The molecule has 1 aliphatic rings. The fourth-order valence-electron chi connectivity index (χ4n) is 1.39. The molecule has 0 aromatic carbocycles. The van der Waals surface area contributed by atoms with Gasteiger partial charge in [-0.2, -0.15) is 0 Å². The number of carbonyl (C=O) groups excluding carboxylic acids is 2. The van der Waals surface area contributed by atoms with E-state index in [1.54, 1.807) is 6.92 Å². The Bertz CT molecular complexity index is 593. The van der Waals surface area contributed by atoms with Gasteiger partial charge in [0.05, 0.1) is 0 Å². The van der Waals surface area contributed by atoms with Gasteiger partial charge in [0.25, 0.3) is 10.0 Å². The molecule has 1 aliphatic heterocycles. The van der Waals surface area contributed by atoms with Gasteiger partial charge in [0, 0.05) is 12.3 Å². The first-order chi connectivity index (χ1) is 7.80. The summed E-state index contributed by atoms with van der Waals surface area (Å²) in [5, 5.41) is 11.6. The molecular formula is C7H8N4O4S2. The van der Waals surface area contributed by atoms with E-state index in [-0.39, 0.29) is 11.6 Å². The molecule has 2 rings (SSSR count). The second-order valence-corrected chi connectivity index (χ2v) is 6.26. The minimum atomic E-state index is -3.96. The molecule has 8 nitrogen and oxygen atoms in total. The Balaban J connectivity index is 2.39. The van der Waals surface area contributed by atoms with E-state index in [1.165, 1.54) is 0 Å². The number of nitrogens with zero attached hydrogens (tertiary/aromatic N) is 3. The standard InChI is InChI=1S/C7H8N4O4S2/c1-3-2-4(12)11(5(3)13)6-9-10-7(16-6)17(8,14)15/h3H,2H2,1H3,(H2,8,14,15). The van der Waals surface area contributed by atoms with Crippen molar-refractivity contribution in [3.8, 4) is 0 Å². The van der Waals surface area contributed by atoms with E-state index in [4.69, 9.17) is 5.14 Å². The zero-order valence-electron chi connectivity index (χ0n) is 8.65. The summed E-state index contributed by atoms with van der Waals surface area (Å²) in [6, 6.07) is 0. The highest BCUT2D eigenvalue weighted by Crippen LogP contribution is 2.29. The zero-order chi connectivity index (χ0) is 12.8. The molecule has 1 fully saturated rings. The van der Waals surface area contributed by atoms with E-state index < -0.39 is 32.1 Å². The third kappa shape index (κ3) is 2.06. The molecule has 2 N–H and O–H groups in total. The predicted octanol–water partition coefficient (Wildman–Crippen LogP) is -0.915. The number of nitrogens with two attached hydrogens (primary N) is 1. The van der Waals surface area contributed by atoms with Crippen LogP contribution in [0.15, 0.2) is 4.34 Å². The van der Waals surface area contributed by atoms with Gasteiger partial charge in [0.15, 0.2) is 0 Å². The van der Waals surface area contributed by atoms with Gasteiger partial charge < -0.3 is 0 Å². The summed E-state index contributed by atoms with van der Waals surface area (Å²) in [7, 11) is -3.96. The number of hydrogen-bond acceptors (Lipinski definition) is 7. The highest BCUT2D eigenvalue weighted by Gasteiger charge is 2.39. The maximum absolute atomic E-state index is 11.6. The van der Waals surface area contributed by atoms with Crippen LogP contribution in [0.5, 0.6) is 0 Å². The molecule has 0 aliphatic carbocycles. The summed E-state index contributed by atoms with van der Waals surface area (Å²) in [5.41, 5.74) is 0. The molecule has 10 heteroatoms. The molecule has 1 atom stereocenters. The van der Waals surface area contributed by atoms with Crippen LogP contribution in [0.2, 0.25) is 0 Å². The molecule has 1 saturated heterocycles. The summed E-state index contributed by atoms with van der Waals surface area (Å²) in [5.74, 6) is -1.25. The average Bonchev–Trinajstić information content (AvgIpc) is 2.73. The highest BCUT2D eigenvalue weighted by atomic mass is 32.2. The first-order valence-electron chi connectivity index (χ1n) is 4.54. The van der Waals surface area contributed by atoms with Crippen LogP contribution in [-0.4, -0.2) is 30.4 Å². The Morgan fingerprint density at radius 2 is 2.06 bits per heavy atom. The Labute approximate surface area is 100 Å². The number of rotatable bonds is 2. The largest absolute Gasteiger partial charge is 0.274 e. The van der Waals surface area contributed by atoms with Gasteiger partial charge in [-0.3, -0.25) is 9.59 Å². The van der Waals surface area contributed by atoms with E-state index in [2.05, 4.69) is 10.2 Å². The monoisotopic (exact) mass is 276 g/mol. The number of hydrogen-bond donors (Lipinski definition) is 1. The molecule has 0 spiro atoms. The minimum Gasteiger partial charge on any atom is -0.274 e. The number of amides is 2. The molecular weight excluding hydrogens is 268 g/mol. The Kier molecular flexibility index (Phi) is 2.72. The van der Waals surface area contributed by atoms with Crippen LogP contribution in [0, 0.1) is 5.92 Å². The molecule has 0 radical (unpaired) electrons. The normalized spacial score (nSPS) is 21.3. The van der Waals surface area contributed by atoms with E-state index in [0.29, 0.717) is 11.3 Å². The molecule has 1 aromatic heterocycles. The number of imide groups is 1. The second-order valence-electron chi connectivity index (χ2n) is 3.57. The maximum atomic E-state index is 11.6. The van der Waals surface area contributed by atoms with Gasteiger partial charge in [-0.25, -0.2) is 18.5 Å². The van der Waals surface area contributed by atoms with Crippen molar-refractivity contribution in [3.05, 3.63) is 0 Å². The summed E-state index contributed by atoms with van der Waals surface area (Å²) >= 11 is 0.596. The van der Waals surface area contributed by atoms with Gasteiger partial charge in [0.1, 0.15) is 0 Å². The van der Waals surface area contributed by atoms with E-state index >= 15 is 0 Å². The third-order valence-corrected chi connectivity index (χ3v) is 4.42. The van der Waals surface area contributed by atoms with E-state index in [1.807, 2.05) is 0 Å². The first kappa shape index (κ1) is 12.1. The van der Waals surface area contributed by atoms with Crippen molar-refractivity contribution in [2.75, 3.05) is 4.90 Å². The average molecular weight is 276 g/mol. The number of primary sulfonamides is 1. The number of sulfonamides is 1. The SMILES string of the molecule is CC1CC(=O)N(c2nnc(S(N)(=O)=O)s2)C1=O. The predicted molar refractivity (Wildman–Crippen MR) is 57.6 cm³/mol. The minimum absolute atomic E-state index is 0.0617. The molecule has 0 saturated carbocycles. The second kappa shape index (κ2) is 3.82. The fourth-order valence-corrected chi connectivity index (χ4v) is 2.84. The lowest BCUT2D eigenvalue weighted by atomic mass is 10.1. The summed E-state index contributed by atoms with van der Waals surface area (Å²) in [6.45, 7) is 1.61. The summed E-state index contributed by atoms with van der Waals surface area (Å²) < 4.78 is 21.5. The Hall–Kier alpha value is -1.39. The number of aromatic nitrogens is 2.